The Balaban J connectivity index is 2.04. The lowest BCUT2D eigenvalue weighted by atomic mass is 9.98. The Hall–Kier alpha value is -0.410. The number of benzene rings is 1. The maximum atomic E-state index is 13.1. The third kappa shape index (κ3) is 3.02. The summed E-state index contributed by atoms with van der Waals surface area (Å²) in [5, 5.41) is 9.40. The van der Waals surface area contributed by atoms with Crippen LogP contribution in [-0.4, -0.2) is 11.2 Å². The van der Waals surface area contributed by atoms with Gasteiger partial charge in [-0.2, -0.15) is 0 Å². The molecule has 0 heterocycles. The molecular weight excluding hydrogens is 259 g/mol. The summed E-state index contributed by atoms with van der Waals surface area (Å²) in [6.07, 6.45) is 3.52. The number of hydrogen-bond donors (Lipinski definition) is 1. The van der Waals surface area contributed by atoms with Crippen LogP contribution in [0.4, 0.5) is 4.39 Å². The summed E-state index contributed by atoms with van der Waals surface area (Å²) in [6, 6.07) is 5.00. The van der Waals surface area contributed by atoms with Crippen molar-refractivity contribution in [3.05, 3.63) is 34.1 Å². The van der Waals surface area contributed by atoms with Crippen molar-refractivity contribution in [2.24, 2.45) is 5.92 Å². The predicted octanol–water partition coefficient (Wildman–Crippen LogP) is 3.29. The minimum Gasteiger partial charge on any atom is -0.393 e. The van der Waals surface area contributed by atoms with Crippen molar-refractivity contribution in [1.29, 1.82) is 0 Å². The van der Waals surface area contributed by atoms with Crippen molar-refractivity contribution >= 4 is 15.9 Å². The average Bonchev–Trinajstić information content (AvgIpc) is 2.49. The Bertz CT molecular complexity index is 333. The molecule has 0 saturated heterocycles. The Labute approximate surface area is 97.4 Å². The Morgan fingerprint density at radius 2 is 2.13 bits per heavy atom. The van der Waals surface area contributed by atoms with Gasteiger partial charge < -0.3 is 5.11 Å². The smallest absolute Gasteiger partial charge is 0.124 e. The topological polar surface area (TPSA) is 20.2 Å². The predicted molar refractivity (Wildman–Crippen MR) is 61.2 cm³/mol. The maximum Gasteiger partial charge on any atom is 0.124 e. The molecular formula is C12H14BrFO. The van der Waals surface area contributed by atoms with Gasteiger partial charge in [0.2, 0.25) is 0 Å². The molecule has 2 atom stereocenters. The van der Waals surface area contributed by atoms with Crippen molar-refractivity contribution in [3.63, 3.8) is 0 Å². The van der Waals surface area contributed by atoms with E-state index in [2.05, 4.69) is 15.9 Å². The molecule has 1 aromatic carbocycles. The molecule has 1 N–H and O–H groups in total. The third-order valence-corrected chi connectivity index (χ3v) is 3.42. The molecule has 1 nitrogen and oxygen atoms in total. The van der Waals surface area contributed by atoms with Gasteiger partial charge in [0, 0.05) is 4.47 Å². The Morgan fingerprint density at radius 1 is 1.33 bits per heavy atom. The van der Waals surface area contributed by atoms with Crippen LogP contribution in [0.3, 0.4) is 0 Å². The second-order valence-corrected chi connectivity index (χ2v) is 5.23. The van der Waals surface area contributed by atoms with Crippen LogP contribution in [0.5, 0.6) is 0 Å². The van der Waals surface area contributed by atoms with Crippen LogP contribution in [-0.2, 0) is 6.42 Å². The Morgan fingerprint density at radius 3 is 2.73 bits per heavy atom. The second kappa shape index (κ2) is 4.62. The average molecular weight is 273 g/mol. The highest BCUT2D eigenvalue weighted by molar-refractivity contribution is 9.10. The van der Waals surface area contributed by atoms with Gasteiger partial charge in [0.1, 0.15) is 5.82 Å². The molecule has 1 saturated carbocycles. The normalized spacial score (nSPS) is 25.8. The van der Waals surface area contributed by atoms with Crippen LogP contribution in [0, 0.1) is 11.7 Å². The molecule has 1 aliphatic carbocycles. The van der Waals surface area contributed by atoms with Crippen LogP contribution in [0.2, 0.25) is 0 Å². The highest BCUT2D eigenvalue weighted by Gasteiger charge is 2.22. The first-order valence-electron chi connectivity index (χ1n) is 5.26. The number of hydrogen-bond acceptors (Lipinski definition) is 1. The van der Waals surface area contributed by atoms with Crippen molar-refractivity contribution in [3.8, 4) is 0 Å². The highest BCUT2D eigenvalue weighted by atomic mass is 79.9. The van der Waals surface area contributed by atoms with Gasteiger partial charge in [-0.25, -0.2) is 4.39 Å². The molecule has 0 bridgehead atoms. The van der Waals surface area contributed by atoms with E-state index in [9.17, 15) is 9.50 Å². The zero-order chi connectivity index (χ0) is 10.8. The fraction of sp³-hybridized carbons (Fsp3) is 0.500. The number of halogens is 2. The van der Waals surface area contributed by atoms with E-state index in [1.807, 2.05) is 6.07 Å². The van der Waals surface area contributed by atoms with Crippen LogP contribution in [0.25, 0.3) is 0 Å². The summed E-state index contributed by atoms with van der Waals surface area (Å²) < 4.78 is 13.9. The zero-order valence-electron chi connectivity index (χ0n) is 8.42. The molecule has 3 heteroatoms. The van der Waals surface area contributed by atoms with Crippen LogP contribution in [0.15, 0.2) is 22.7 Å². The summed E-state index contributed by atoms with van der Waals surface area (Å²) in [7, 11) is 0. The molecule has 82 valence electrons. The monoisotopic (exact) mass is 272 g/mol. The van der Waals surface area contributed by atoms with Crippen molar-refractivity contribution in [2.45, 2.75) is 31.8 Å². The quantitative estimate of drug-likeness (QED) is 0.876. The minimum absolute atomic E-state index is 0.146. The van der Waals surface area contributed by atoms with Gasteiger partial charge in [-0.15, -0.1) is 0 Å². The van der Waals surface area contributed by atoms with Gasteiger partial charge in [-0.05, 0) is 55.4 Å². The van der Waals surface area contributed by atoms with E-state index in [1.165, 1.54) is 6.07 Å². The summed E-state index contributed by atoms with van der Waals surface area (Å²) in [5.74, 6) is 0.312. The van der Waals surface area contributed by atoms with Gasteiger partial charge in [-0.3, -0.25) is 0 Å². The summed E-state index contributed by atoms with van der Waals surface area (Å²) in [6.45, 7) is 0. The molecule has 0 amide bonds. The molecule has 2 unspecified atom stereocenters. The second-order valence-electron chi connectivity index (χ2n) is 4.31. The first kappa shape index (κ1) is 11.1. The van der Waals surface area contributed by atoms with Gasteiger partial charge in [0.05, 0.1) is 6.10 Å². The molecule has 0 aromatic heterocycles. The van der Waals surface area contributed by atoms with E-state index in [1.54, 1.807) is 6.07 Å². The summed E-state index contributed by atoms with van der Waals surface area (Å²) >= 11 is 3.28. The summed E-state index contributed by atoms with van der Waals surface area (Å²) in [5.41, 5.74) is 1.01. The highest BCUT2D eigenvalue weighted by Crippen LogP contribution is 2.29. The molecule has 0 spiro atoms. The lowest BCUT2D eigenvalue weighted by molar-refractivity contribution is 0.177. The standard InChI is InChI=1S/C12H14BrFO/c13-10-4-9(5-11(14)7-10)3-8-1-2-12(15)6-8/h4-5,7-8,12,15H,1-3,6H2. The first-order chi connectivity index (χ1) is 7.13. The van der Waals surface area contributed by atoms with Gasteiger partial charge in [0.25, 0.3) is 0 Å². The lowest BCUT2D eigenvalue weighted by Gasteiger charge is -2.09. The molecule has 1 fully saturated rings. The van der Waals surface area contributed by atoms with Gasteiger partial charge in [-0.1, -0.05) is 15.9 Å². The number of aliphatic hydroxyl groups is 1. The van der Waals surface area contributed by atoms with Crippen molar-refractivity contribution < 1.29 is 9.50 Å². The van der Waals surface area contributed by atoms with Crippen molar-refractivity contribution in [2.75, 3.05) is 0 Å². The van der Waals surface area contributed by atoms with Crippen molar-refractivity contribution in [1.82, 2.24) is 0 Å². The minimum atomic E-state index is -0.196. The third-order valence-electron chi connectivity index (χ3n) is 2.96. The van der Waals surface area contributed by atoms with E-state index in [4.69, 9.17) is 0 Å². The molecule has 1 aromatic rings. The SMILES string of the molecule is OC1CCC(Cc2cc(F)cc(Br)c2)C1. The summed E-state index contributed by atoms with van der Waals surface area (Å²) in [4.78, 5) is 0. The fourth-order valence-electron chi connectivity index (χ4n) is 2.30. The molecule has 0 aliphatic heterocycles. The Kier molecular flexibility index (Phi) is 3.42. The molecule has 15 heavy (non-hydrogen) atoms. The van der Waals surface area contributed by atoms with Crippen LogP contribution >= 0.6 is 15.9 Å². The van der Waals surface area contributed by atoms with Gasteiger partial charge >= 0.3 is 0 Å². The van der Waals surface area contributed by atoms with E-state index in [-0.39, 0.29) is 11.9 Å². The fourth-order valence-corrected chi connectivity index (χ4v) is 2.81. The molecule has 2 rings (SSSR count). The zero-order valence-corrected chi connectivity index (χ0v) is 10.0. The van der Waals surface area contributed by atoms with Crippen LogP contribution < -0.4 is 0 Å². The van der Waals surface area contributed by atoms with E-state index in [0.717, 1.165) is 35.7 Å². The number of rotatable bonds is 2. The maximum absolute atomic E-state index is 13.1. The van der Waals surface area contributed by atoms with Gasteiger partial charge in [0.15, 0.2) is 0 Å². The van der Waals surface area contributed by atoms with E-state index in [0.29, 0.717) is 5.92 Å². The first-order valence-corrected chi connectivity index (χ1v) is 6.06. The number of aliphatic hydroxyl groups excluding tert-OH is 1. The largest absolute Gasteiger partial charge is 0.393 e. The van der Waals surface area contributed by atoms with E-state index >= 15 is 0 Å². The van der Waals surface area contributed by atoms with E-state index < -0.39 is 0 Å². The molecule has 0 radical (unpaired) electrons. The molecule has 1 aliphatic rings. The lowest BCUT2D eigenvalue weighted by Crippen LogP contribution is -2.03. The van der Waals surface area contributed by atoms with Crippen LogP contribution in [0.1, 0.15) is 24.8 Å².